The van der Waals surface area contributed by atoms with Gasteiger partial charge in [-0.25, -0.2) is 4.52 Å². The van der Waals surface area contributed by atoms with Crippen LogP contribution in [-0.2, 0) is 12.8 Å². The molecule has 0 spiro atoms. The Hall–Kier alpha value is -1.71. The molecule has 0 saturated heterocycles. The van der Waals surface area contributed by atoms with Crippen molar-refractivity contribution in [1.82, 2.24) is 9.61 Å². The van der Waals surface area contributed by atoms with Crippen molar-refractivity contribution in [1.29, 1.82) is 0 Å². The Labute approximate surface area is 94.7 Å². The molecule has 0 saturated carbocycles. The van der Waals surface area contributed by atoms with E-state index in [4.69, 9.17) is 5.73 Å². The van der Waals surface area contributed by atoms with Gasteiger partial charge in [-0.15, -0.1) is 5.10 Å². The van der Waals surface area contributed by atoms with Gasteiger partial charge in [0.1, 0.15) is 5.69 Å². The van der Waals surface area contributed by atoms with Crippen molar-refractivity contribution in [3.05, 3.63) is 23.4 Å². The third-order valence-corrected chi connectivity index (χ3v) is 3.29. The molecular weight excluding hydrogens is 200 g/mol. The van der Waals surface area contributed by atoms with E-state index in [0.717, 1.165) is 23.4 Å². The number of aryl methyl sites for hydroxylation is 2. The lowest BCUT2D eigenvalue weighted by molar-refractivity contribution is 0.837. The molecule has 2 aromatic rings. The number of nitrogens with zero attached hydrogens (tertiary/aromatic N) is 3. The number of nitrogens with two attached hydrogens (primary N) is 1. The quantitative estimate of drug-likeness (QED) is 0.785. The third-order valence-electron chi connectivity index (χ3n) is 3.29. The van der Waals surface area contributed by atoms with Crippen LogP contribution in [0.4, 0.5) is 11.5 Å². The van der Waals surface area contributed by atoms with Gasteiger partial charge < -0.3 is 10.6 Å². The second-order valence-corrected chi connectivity index (χ2v) is 4.59. The fourth-order valence-corrected chi connectivity index (χ4v) is 2.48. The maximum absolute atomic E-state index is 6.11. The molecule has 0 unspecified atom stereocenters. The molecule has 0 aliphatic heterocycles. The average molecular weight is 216 g/mol. The first-order chi connectivity index (χ1) is 7.68. The van der Waals surface area contributed by atoms with E-state index in [1.54, 1.807) is 0 Å². The highest BCUT2D eigenvalue weighted by molar-refractivity contribution is 5.81. The van der Waals surface area contributed by atoms with Gasteiger partial charge in [-0.05, 0) is 30.9 Å². The zero-order valence-corrected chi connectivity index (χ0v) is 9.70. The normalized spacial score (nSPS) is 14.4. The van der Waals surface area contributed by atoms with Gasteiger partial charge in [0.15, 0.2) is 5.82 Å². The third kappa shape index (κ3) is 1.13. The van der Waals surface area contributed by atoms with Crippen molar-refractivity contribution in [2.45, 2.75) is 19.3 Å². The van der Waals surface area contributed by atoms with Crippen molar-refractivity contribution in [3.8, 4) is 0 Å². The van der Waals surface area contributed by atoms with Gasteiger partial charge in [0, 0.05) is 19.8 Å². The average Bonchev–Trinajstić information content (AvgIpc) is 2.81. The fourth-order valence-electron chi connectivity index (χ4n) is 2.48. The lowest BCUT2D eigenvalue weighted by Gasteiger charge is -2.07. The molecule has 2 heterocycles. The molecule has 0 aromatic carbocycles. The van der Waals surface area contributed by atoms with E-state index in [-0.39, 0.29) is 0 Å². The lowest BCUT2D eigenvalue weighted by atomic mass is 10.2. The predicted octanol–water partition coefficient (Wildman–Crippen LogP) is 1.47. The van der Waals surface area contributed by atoms with Gasteiger partial charge in [-0.3, -0.25) is 0 Å². The molecule has 4 heteroatoms. The Balaban J connectivity index is 2.33. The number of nitrogen functional groups attached to an aromatic ring is 1. The number of hydrogen-bond acceptors (Lipinski definition) is 3. The zero-order chi connectivity index (χ0) is 11.3. The Morgan fingerprint density at radius 1 is 1.31 bits per heavy atom. The van der Waals surface area contributed by atoms with Crippen molar-refractivity contribution in [2.75, 3.05) is 24.7 Å². The predicted molar refractivity (Wildman–Crippen MR) is 66.0 cm³/mol. The molecule has 16 heavy (non-hydrogen) atoms. The Morgan fingerprint density at radius 3 is 2.88 bits per heavy atom. The molecule has 84 valence electrons. The van der Waals surface area contributed by atoms with Gasteiger partial charge in [0.05, 0.1) is 5.52 Å². The molecule has 0 radical (unpaired) electrons. The minimum atomic E-state index is 0.778. The van der Waals surface area contributed by atoms with Crippen molar-refractivity contribution in [2.24, 2.45) is 0 Å². The second-order valence-electron chi connectivity index (χ2n) is 4.59. The summed E-state index contributed by atoms with van der Waals surface area (Å²) in [7, 11) is 3.94. The van der Waals surface area contributed by atoms with E-state index in [1.807, 2.05) is 23.5 Å². The van der Waals surface area contributed by atoms with E-state index in [0.29, 0.717) is 0 Å². The summed E-state index contributed by atoms with van der Waals surface area (Å²) in [6.07, 6.45) is 3.51. The Kier molecular flexibility index (Phi) is 1.87. The van der Waals surface area contributed by atoms with Gasteiger partial charge in [-0.2, -0.15) is 0 Å². The van der Waals surface area contributed by atoms with E-state index in [1.165, 1.54) is 24.1 Å². The molecule has 3 rings (SSSR count). The minimum Gasteiger partial charge on any atom is -0.394 e. The van der Waals surface area contributed by atoms with Crippen LogP contribution in [0.3, 0.4) is 0 Å². The lowest BCUT2D eigenvalue weighted by Crippen LogP contribution is -2.11. The molecule has 4 nitrogen and oxygen atoms in total. The van der Waals surface area contributed by atoms with E-state index < -0.39 is 0 Å². The van der Waals surface area contributed by atoms with E-state index in [9.17, 15) is 0 Å². The first-order valence-corrected chi connectivity index (χ1v) is 5.65. The number of anilines is 2. The summed E-state index contributed by atoms with van der Waals surface area (Å²) < 4.78 is 2.02. The Morgan fingerprint density at radius 2 is 2.12 bits per heavy atom. The summed E-state index contributed by atoms with van der Waals surface area (Å²) in [6, 6.07) is 4.27. The molecule has 0 amide bonds. The molecule has 1 aliphatic carbocycles. The first kappa shape index (κ1) is 9.51. The van der Waals surface area contributed by atoms with Gasteiger partial charge >= 0.3 is 0 Å². The first-order valence-electron chi connectivity index (χ1n) is 5.65. The van der Waals surface area contributed by atoms with Crippen LogP contribution < -0.4 is 10.6 Å². The van der Waals surface area contributed by atoms with Gasteiger partial charge in [0.25, 0.3) is 0 Å². The van der Waals surface area contributed by atoms with Crippen LogP contribution in [0.15, 0.2) is 12.1 Å². The van der Waals surface area contributed by atoms with Crippen LogP contribution in [-0.4, -0.2) is 23.7 Å². The summed E-state index contributed by atoms with van der Waals surface area (Å²) in [5.74, 6) is 0.861. The van der Waals surface area contributed by atoms with Crippen LogP contribution in [0.5, 0.6) is 0 Å². The van der Waals surface area contributed by atoms with Crippen molar-refractivity contribution >= 4 is 17.0 Å². The van der Waals surface area contributed by atoms with Crippen molar-refractivity contribution < 1.29 is 0 Å². The summed E-state index contributed by atoms with van der Waals surface area (Å²) in [6.45, 7) is 0. The number of pyridine rings is 1. The molecule has 1 aliphatic rings. The molecule has 0 bridgehead atoms. The molecule has 0 fully saturated rings. The van der Waals surface area contributed by atoms with Crippen molar-refractivity contribution in [3.63, 3.8) is 0 Å². The highest BCUT2D eigenvalue weighted by Gasteiger charge is 2.18. The number of rotatable bonds is 1. The van der Waals surface area contributed by atoms with Crippen LogP contribution in [0.25, 0.3) is 5.52 Å². The summed E-state index contributed by atoms with van der Waals surface area (Å²) in [4.78, 5) is 1.96. The second kappa shape index (κ2) is 3.14. The van der Waals surface area contributed by atoms with Crippen LogP contribution in [0, 0.1) is 0 Å². The fraction of sp³-hybridized carbons (Fsp3) is 0.417. The summed E-state index contributed by atoms with van der Waals surface area (Å²) in [5.41, 5.74) is 10.7. The topological polar surface area (TPSA) is 46.6 Å². The monoisotopic (exact) mass is 216 g/mol. The summed E-state index contributed by atoms with van der Waals surface area (Å²) >= 11 is 0. The standard InChI is InChI=1S/C12H16N4/c1-15(2)12-11(13)10-7-6-8-4-3-5-9(8)16(10)14-12/h6-7H,3-5,13H2,1-2H3. The van der Waals surface area contributed by atoms with Crippen LogP contribution >= 0.6 is 0 Å². The molecule has 0 atom stereocenters. The maximum Gasteiger partial charge on any atom is 0.174 e. The van der Waals surface area contributed by atoms with Gasteiger partial charge in [0.2, 0.25) is 0 Å². The SMILES string of the molecule is CN(C)c1nn2c3c(ccc2c1N)CCC3. The van der Waals surface area contributed by atoms with E-state index >= 15 is 0 Å². The number of hydrogen-bond donors (Lipinski definition) is 1. The van der Waals surface area contributed by atoms with E-state index in [2.05, 4.69) is 17.2 Å². The highest BCUT2D eigenvalue weighted by atomic mass is 15.3. The smallest absolute Gasteiger partial charge is 0.174 e. The number of fused-ring (bicyclic) bond motifs is 3. The van der Waals surface area contributed by atoms with Crippen LogP contribution in [0.1, 0.15) is 17.7 Å². The van der Waals surface area contributed by atoms with Gasteiger partial charge in [-0.1, -0.05) is 6.07 Å². The summed E-state index contributed by atoms with van der Waals surface area (Å²) in [5, 5.41) is 4.60. The zero-order valence-electron chi connectivity index (χ0n) is 9.70. The largest absolute Gasteiger partial charge is 0.394 e. The minimum absolute atomic E-state index is 0.778. The maximum atomic E-state index is 6.11. The molecule has 2 N–H and O–H groups in total. The number of aromatic nitrogens is 2. The Bertz CT molecular complexity index is 554. The van der Waals surface area contributed by atoms with Crippen LogP contribution in [0.2, 0.25) is 0 Å². The molecular formula is C12H16N4. The highest BCUT2D eigenvalue weighted by Crippen LogP contribution is 2.30. The molecule has 2 aromatic heterocycles.